The summed E-state index contributed by atoms with van der Waals surface area (Å²) in [5, 5.41) is 9.40. The minimum atomic E-state index is -0.345. The van der Waals surface area contributed by atoms with Gasteiger partial charge in [0.25, 0.3) is 5.91 Å². The number of benzene rings is 2. The number of para-hydroxylation sites is 1. The van der Waals surface area contributed by atoms with Gasteiger partial charge in [-0.3, -0.25) is 4.79 Å². The van der Waals surface area contributed by atoms with Crippen LogP contribution in [0.4, 0.5) is 0 Å². The topological polar surface area (TPSA) is 58.1 Å². The molecule has 3 rings (SSSR count). The van der Waals surface area contributed by atoms with Gasteiger partial charge in [-0.2, -0.15) is 10.3 Å². The Balaban J connectivity index is 2.08. The van der Waals surface area contributed by atoms with Gasteiger partial charge in [0.15, 0.2) is 4.80 Å². The van der Waals surface area contributed by atoms with Crippen LogP contribution in [0.15, 0.2) is 47.5 Å². The molecule has 3 aromatic rings. The lowest BCUT2D eigenvalue weighted by atomic mass is 10.1. The van der Waals surface area contributed by atoms with Crippen molar-refractivity contribution in [2.45, 2.75) is 0 Å². The summed E-state index contributed by atoms with van der Waals surface area (Å²) in [6, 6.07) is 14.0. The largest absolute Gasteiger partial charge is 0.318 e. The van der Waals surface area contributed by atoms with Crippen LogP contribution in [-0.4, -0.2) is 10.5 Å². The van der Waals surface area contributed by atoms with E-state index < -0.39 is 0 Å². The van der Waals surface area contributed by atoms with Gasteiger partial charge in [0.2, 0.25) is 0 Å². The van der Waals surface area contributed by atoms with Crippen molar-refractivity contribution in [3.05, 3.63) is 63.4 Å². The highest BCUT2D eigenvalue weighted by molar-refractivity contribution is 7.16. The van der Waals surface area contributed by atoms with E-state index >= 15 is 0 Å². The third-order valence-electron chi connectivity index (χ3n) is 3.23. The molecule has 2 aromatic carbocycles. The van der Waals surface area contributed by atoms with Crippen molar-refractivity contribution < 1.29 is 4.79 Å². The van der Waals surface area contributed by atoms with Crippen LogP contribution in [0.5, 0.6) is 0 Å². The summed E-state index contributed by atoms with van der Waals surface area (Å²) in [4.78, 5) is 17.0. The number of rotatable bonds is 1. The zero-order valence-electron chi connectivity index (χ0n) is 11.6. The predicted molar refractivity (Wildman–Crippen MR) is 86.9 cm³/mol. The summed E-state index contributed by atoms with van der Waals surface area (Å²) in [5.41, 5.74) is 1.82. The lowest BCUT2D eigenvalue weighted by Gasteiger charge is -1.98. The number of hydrogen-bond donors (Lipinski definition) is 0. The lowest BCUT2D eigenvalue weighted by molar-refractivity contribution is 0.0998. The molecule has 6 heteroatoms. The summed E-state index contributed by atoms with van der Waals surface area (Å²) in [5.74, 6) is -0.345. The molecule has 0 aliphatic carbocycles. The van der Waals surface area contributed by atoms with E-state index in [1.54, 1.807) is 24.3 Å². The Morgan fingerprint density at radius 3 is 2.64 bits per heavy atom. The van der Waals surface area contributed by atoms with Gasteiger partial charge in [-0.1, -0.05) is 29.0 Å². The first kappa shape index (κ1) is 14.5. The maximum absolute atomic E-state index is 12.2. The first-order chi connectivity index (χ1) is 10.6. The number of carbonyl (C=O) groups is 1. The van der Waals surface area contributed by atoms with E-state index in [2.05, 4.69) is 4.99 Å². The fraction of sp³-hybridized carbons (Fsp3) is 0.0625. The van der Waals surface area contributed by atoms with E-state index in [1.807, 2.05) is 35.9 Å². The Labute approximate surface area is 135 Å². The Morgan fingerprint density at radius 2 is 2.00 bits per heavy atom. The van der Waals surface area contributed by atoms with Crippen molar-refractivity contribution in [3.8, 4) is 6.07 Å². The van der Waals surface area contributed by atoms with Crippen molar-refractivity contribution in [3.63, 3.8) is 0 Å². The van der Waals surface area contributed by atoms with E-state index in [9.17, 15) is 4.79 Å². The average molecular weight is 328 g/mol. The van der Waals surface area contributed by atoms with E-state index in [1.165, 1.54) is 11.3 Å². The molecule has 1 aromatic heterocycles. The Kier molecular flexibility index (Phi) is 3.80. The van der Waals surface area contributed by atoms with Crippen LogP contribution >= 0.6 is 22.9 Å². The zero-order chi connectivity index (χ0) is 15.7. The second-order valence-electron chi connectivity index (χ2n) is 4.64. The maximum Gasteiger partial charge on any atom is 0.279 e. The molecule has 0 aliphatic rings. The SMILES string of the molecule is Cn1c(=NC(=O)c2ccc(C#N)cc2)sc2cccc(Cl)c21. The fourth-order valence-corrected chi connectivity index (χ4v) is 3.50. The normalized spacial score (nSPS) is 11.6. The van der Waals surface area contributed by atoms with Crippen LogP contribution in [0, 0.1) is 11.3 Å². The van der Waals surface area contributed by atoms with Gasteiger partial charge in [-0.05, 0) is 36.4 Å². The lowest BCUT2D eigenvalue weighted by Crippen LogP contribution is -2.13. The number of aryl methyl sites for hydroxylation is 1. The van der Waals surface area contributed by atoms with Crippen molar-refractivity contribution in [1.29, 1.82) is 5.26 Å². The van der Waals surface area contributed by atoms with Crippen molar-refractivity contribution in [2.75, 3.05) is 0 Å². The Morgan fingerprint density at radius 1 is 1.27 bits per heavy atom. The van der Waals surface area contributed by atoms with Crippen LogP contribution in [0.2, 0.25) is 5.02 Å². The third-order valence-corrected chi connectivity index (χ3v) is 4.63. The van der Waals surface area contributed by atoms with Crippen LogP contribution in [0.25, 0.3) is 10.2 Å². The van der Waals surface area contributed by atoms with Crippen LogP contribution in [0.3, 0.4) is 0 Å². The number of nitriles is 1. The predicted octanol–water partition coefficient (Wildman–Crippen LogP) is 3.51. The molecule has 0 atom stereocenters. The molecule has 0 unspecified atom stereocenters. The number of nitrogens with zero attached hydrogens (tertiary/aromatic N) is 3. The second-order valence-corrected chi connectivity index (χ2v) is 6.05. The second kappa shape index (κ2) is 5.76. The number of thiazole rings is 1. The first-order valence-electron chi connectivity index (χ1n) is 6.43. The van der Waals surface area contributed by atoms with Crippen molar-refractivity contribution in [1.82, 2.24) is 4.57 Å². The van der Waals surface area contributed by atoms with Crippen molar-refractivity contribution in [2.24, 2.45) is 12.0 Å². The molecule has 0 saturated carbocycles. The van der Waals surface area contributed by atoms with Gasteiger partial charge in [0, 0.05) is 12.6 Å². The number of hydrogen-bond acceptors (Lipinski definition) is 3. The average Bonchev–Trinajstić information content (AvgIpc) is 2.85. The smallest absolute Gasteiger partial charge is 0.279 e. The molecule has 1 amide bonds. The highest BCUT2D eigenvalue weighted by atomic mass is 35.5. The molecular weight excluding hydrogens is 318 g/mol. The van der Waals surface area contributed by atoms with E-state index in [-0.39, 0.29) is 5.91 Å². The minimum absolute atomic E-state index is 0.345. The highest BCUT2D eigenvalue weighted by Gasteiger charge is 2.09. The maximum atomic E-state index is 12.2. The highest BCUT2D eigenvalue weighted by Crippen LogP contribution is 2.24. The number of fused-ring (bicyclic) bond motifs is 1. The van der Waals surface area contributed by atoms with E-state index in [4.69, 9.17) is 16.9 Å². The third kappa shape index (κ3) is 2.54. The molecule has 0 bridgehead atoms. The summed E-state index contributed by atoms with van der Waals surface area (Å²) in [6.07, 6.45) is 0. The Hall–Kier alpha value is -2.42. The zero-order valence-corrected chi connectivity index (χ0v) is 13.1. The minimum Gasteiger partial charge on any atom is -0.318 e. The summed E-state index contributed by atoms with van der Waals surface area (Å²) in [6.45, 7) is 0. The quantitative estimate of drug-likeness (QED) is 0.686. The molecule has 0 fully saturated rings. The fourth-order valence-electron chi connectivity index (χ4n) is 2.10. The number of amides is 1. The monoisotopic (exact) mass is 327 g/mol. The molecule has 1 heterocycles. The number of halogens is 1. The molecule has 0 saturated heterocycles. The van der Waals surface area contributed by atoms with Crippen LogP contribution in [-0.2, 0) is 7.05 Å². The van der Waals surface area contributed by atoms with Gasteiger partial charge in [-0.15, -0.1) is 0 Å². The summed E-state index contributed by atoms with van der Waals surface area (Å²) >= 11 is 7.60. The van der Waals surface area contributed by atoms with Gasteiger partial charge in [0.05, 0.1) is 26.9 Å². The van der Waals surface area contributed by atoms with Gasteiger partial charge in [-0.25, -0.2) is 0 Å². The molecule has 22 heavy (non-hydrogen) atoms. The summed E-state index contributed by atoms with van der Waals surface area (Å²) < 4.78 is 2.78. The molecule has 0 radical (unpaired) electrons. The van der Waals surface area contributed by atoms with Gasteiger partial charge in [0.1, 0.15) is 0 Å². The molecule has 0 aliphatic heterocycles. The number of carbonyl (C=O) groups excluding carboxylic acids is 1. The van der Waals surface area contributed by atoms with Crippen LogP contribution < -0.4 is 4.80 Å². The Bertz CT molecular complexity index is 977. The van der Waals surface area contributed by atoms with Crippen LogP contribution in [0.1, 0.15) is 15.9 Å². The summed E-state index contributed by atoms with van der Waals surface area (Å²) in [7, 11) is 1.83. The van der Waals surface area contributed by atoms with E-state index in [0.29, 0.717) is 21.0 Å². The first-order valence-corrected chi connectivity index (χ1v) is 7.63. The van der Waals surface area contributed by atoms with Gasteiger partial charge >= 0.3 is 0 Å². The molecule has 108 valence electrons. The molecule has 0 N–H and O–H groups in total. The molecule has 0 spiro atoms. The molecule has 4 nitrogen and oxygen atoms in total. The van der Waals surface area contributed by atoms with Gasteiger partial charge < -0.3 is 4.57 Å². The standard InChI is InChI=1S/C16H10ClN3OS/c1-20-14-12(17)3-2-4-13(14)22-16(20)19-15(21)11-7-5-10(9-18)6-8-11/h2-8H,1H3. The molecular formula is C16H10ClN3OS. The number of aromatic nitrogens is 1. The van der Waals surface area contributed by atoms with Crippen molar-refractivity contribution >= 4 is 39.1 Å². The van der Waals surface area contributed by atoms with E-state index in [0.717, 1.165) is 10.2 Å².